The number of hydrogen-bond acceptors (Lipinski definition) is 4. The topological polar surface area (TPSA) is 58.3 Å². The maximum absolute atomic E-state index is 8.45. The van der Waals surface area contributed by atoms with Crippen LogP contribution in [0.4, 0.5) is 0 Å². The van der Waals surface area contributed by atoms with Gasteiger partial charge in [0, 0.05) is 12.7 Å². The molecule has 0 radical (unpaired) electrons. The highest BCUT2D eigenvalue weighted by atomic mass is 16.5. The molecule has 0 saturated carbocycles. The van der Waals surface area contributed by atoms with Gasteiger partial charge in [-0.15, -0.1) is 0 Å². The Morgan fingerprint density at radius 2 is 2.55 bits per heavy atom. The molecule has 0 aliphatic rings. The van der Waals surface area contributed by atoms with Crippen LogP contribution in [0.15, 0.2) is 16.8 Å². The minimum atomic E-state index is 0.226. The molecule has 11 heavy (non-hydrogen) atoms. The van der Waals surface area contributed by atoms with Crippen molar-refractivity contribution in [2.24, 2.45) is 0 Å². The highest BCUT2D eigenvalue weighted by molar-refractivity contribution is 4.91. The van der Waals surface area contributed by atoms with E-state index in [9.17, 15) is 0 Å². The van der Waals surface area contributed by atoms with Crippen LogP contribution in [-0.2, 0) is 6.54 Å². The van der Waals surface area contributed by atoms with Crippen molar-refractivity contribution >= 4 is 0 Å². The van der Waals surface area contributed by atoms with Crippen LogP contribution in [0.1, 0.15) is 12.2 Å². The van der Waals surface area contributed by atoms with E-state index in [1.54, 1.807) is 6.20 Å². The van der Waals surface area contributed by atoms with Gasteiger partial charge in [0.25, 0.3) is 0 Å². The molecule has 4 nitrogen and oxygen atoms in total. The normalized spacial score (nSPS) is 10.3. The van der Waals surface area contributed by atoms with Crippen molar-refractivity contribution in [3.63, 3.8) is 0 Å². The molecule has 0 amide bonds. The zero-order valence-corrected chi connectivity index (χ0v) is 6.29. The van der Waals surface area contributed by atoms with Gasteiger partial charge in [0.2, 0.25) is 0 Å². The number of aliphatic hydroxyl groups is 1. The van der Waals surface area contributed by atoms with Crippen LogP contribution in [0, 0.1) is 0 Å². The Labute approximate surface area is 65.2 Å². The van der Waals surface area contributed by atoms with Gasteiger partial charge in [0.1, 0.15) is 5.76 Å². The molecule has 62 valence electrons. The second-order valence-electron chi connectivity index (χ2n) is 2.23. The summed E-state index contributed by atoms with van der Waals surface area (Å²) < 4.78 is 4.84. The lowest BCUT2D eigenvalue weighted by Crippen LogP contribution is -2.15. The Hall–Kier alpha value is -0.870. The number of nitrogens with zero attached hydrogens (tertiary/aromatic N) is 1. The number of nitrogens with one attached hydrogen (secondary N) is 1. The zero-order chi connectivity index (χ0) is 7.94. The Bertz CT molecular complexity index is 175. The Morgan fingerprint density at radius 3 is 3.18 bits per heavy atom. The standard InChI is InChI=1S/C7H12N2O2/c10-5-1-3-8-6-7-2-4-9-11-7/h2,4,8,10H,1,3,5-6H2. The van der Waals surface area contributed by atoms with Crippen LogP contribution < -0.4 is 5.32 Å². The van der Waals surface area contributed by atoms with E-state index >= 15 is 0 Å². The fourth-order valence-corrected chi connectivity index (χ4v) is 0.749. The molecule has 1 aromatic heterocycles. The summed E-state index contributed by atoms with van der Waals surface area (Å²) in [5.74, 6) is 0.822. The summed E-state index contributed by atoms with van der Waals surface area (Å²) in [6.45, 7) is 1.71. The van der Waals surface area contributed by atoms with Crippen LogP contribution in [0.2, 0.25) is 0 Å². The van der Waals surface area contributed by atoms with Crippen molar-refractivity contribution < 1.29 is 9.63 Å². The molecule has 0 bridgehead atoms. The monoisotopic (exact) mass is 156 g/mol. The van der Waals surface area contributed by atoms with Gasteiger partial charge in [0.15, 0.2) is 0 Å². The van der Waals surface area contributed by atoms with Crippen LogP contribution in [0.5, 0.6) is 0 Å². The number of hydrogen-bond donors (Lipinski definition) is 2. The summed E-state index contributed by atoms with van der Waals surface area (Å²) in [5.41, 5.74) is 0. The zero-order valence-electron chi connectivity index (χ0n) is 6.29. The molecule has 4 heteroatoms. The van der Waals surface area contributed by atoms with Crippen molar-refractivity contribution in [1.82, 2.24) is 10.5 Å². The molecule has 1 rings (SSSR count). The smallest absolute Gasteiger partial charge is 0.150 e. The van der Waals surface area contributed by atoms with E-state index in [4.69, 9.17) is 9.63 Å². The van der Waals surface area contributed by atoms with Gasteiger partial charge in [-0.1, -0.05) is 5.16 Å². The Morgan fingerprint density at radius 1 is 1.64 bits per heavy atom. The average Bonchev–Trinajstić information content (AvgIpc) is 2.50. The van der Waals surface area contributed by atoms with Crippen molar-refractivity contribution in [3.05, 3.63) is 18.0 Å². The molecule has 0 spiro atoms. The van der Waals surface area contributed by atoms with Crippen LogP contribution in [0.25, 0.3) is 0 Å². The largest absolute Gasteiger partial charge is 0.396 e. The lowest BCUT2D eigenvalue weighted by Gasteiger charge is -1.98. The van der Waals surface area contributed by atoms with Crippen molar-refractivity contribution in [2.75, 3.05) is 13.2 Å². The van der Waals surface area contributed by atoms with E-state index in [0.717, 1.165) is 18.7 Å². The molecule has 0 unspecified atom stereocenters. The molecule has 0 fully saturated rings. The van der Waals surface area contributed by atoms with E-state index in [1.165, 1.54) is 0 Å². The predicted molar refractivity (Wildman–Crippen MR) is 39.9 cm³/mol. The second kappa shape index (κ2) is 4.87. The third-order valence-corrected chi connectivity index (χ3v) is 1.30. The fraction of sp³-hybridized carbons (Fsp3) is 0.571. The van der Waals surface area contributed by atoms with Gasteiger partial charge in [0.05, 0.1) is 12.7 Å². The van der Waals surface area contributed by atoms with Crippen LogP contribution >= 0.6 is 0 Å². The summed E-state index contributed by atoms with van der Waals surface area (Å²) in [6, 6.07) is 1.81. The van der Waals surface area contributed by atoms with Crippen LogP contribution in [0.3, 0.4) is 0 Å². The fourth-order valence-electron chi connectivity index (χ4n) is 0.749. The highest BCUT2D eigenvalue weighted by Gasteiger charge is 1.93. The maximum Gasteiger partial charge on any atom is 0.150 e. The lowest BCUT2D eigenvalue weighted by atomic mass is 10.4. The summed E-state index contributed by atoms with van der Waals surface area (Å²) in [7, 11) is 0. The first-order chi connectivity index (χ1) is 5.43. The minimum Gasteiger partial charge on any atom is -0.396 e. The number of aromatic nitrogens is 1. The molecule has 0 saturated heterocycles. The van der Waals surface area contributed by atoms with Gasteiger partial charge < -0.3 is 14.9 Å². The van der Waals surface area contributed by atoms with E-state index in [-0.39, 0.29) is 6.61 Å². The molecule has 2 N–H and O–H groups in total. The molecule has 1 aromatic rings. The van der Waals surface area contributed by atoms with Gasteiger partial charge in [-0.25, -0.2) is 0 Å². The third kappa shape index (κ3) is 3.15. The summed E-state index contributed by atoms with van der Waals surface area (Å²) in [5, 5.41) is 15.1. The molecule has 0 aliphatic heterocycles. The first-order valence-corrected chi connectivity index (χ1v) is 3.64. The van der Waals surface area contributed by atoms with E-state index < -0.39 is 0 Å². The minimum absolute atomic E-state index is 0.226. The maximum atomic E-state index is 8.45. The molecule has 0 atom stereocenters. The van der Waals surface area contributed by atoms with Crippen molar-refractivity contribution in [1.29, 1.82) is 0 Å². The van der Waals surface area contributed by atoms with E-state index in [2.05, 4.69) is 10.5 Å². The molecule has 1 heterocycles. The first kappa shape index (κ1) is 8.23. The highest BCUT2D eigenvalue weighted by Crippen LogP contribution is 1.94. The van der Waals surface area contributed by atoms with Gasteiger partial charge in [-0.3, -0.25) is 0 Å². The summed E-state index contributed by atoms with van der Waals surface area (Å²) in [6.07, 6.45) is 2.39. The number of aliphatic hydroxyl groups excluding tert-OH is 1. The Kier molecular flexibility index (Phi) is 3.64. The van der Waals surface area contributed by atoms with Crippen molar-refractivity contribution in [3.8, 4) is 0 Å². The first-order valence-electron chi connectivity index (χ1n) is 3.64. The predicted octanol–water partition coefficient (Wildman–Crippen LogP) is 0.147. The van der Waals surface area contributed by atoms with E-state index in [0.29, 0.717) is 6.54 Å². The lowest BCUT2D eigenvalue weighted by molar-refractivity contribution is 0.284. The molecular weight excluding hydrogens is 144 g/mol. The quantitative estimate of drug-likeness (QED) is 0.596. The van der Waals surface area contributed by atoms with E-state index in [1.807, 2.05) is 6.07 Å². The molecular formula is C7H12N2O2. The van der Waals surface area contributed by atoms with Gasteiger partial charge in [-0.2, -0.15) is 0 Å². The van der Waals surface area contributed by atoms with Crippen LogP contribution in [-0.4, -0.2) is 23.4 Å². The Balaban J connectivity index is 2.04. The van der Waals surface area contributed by atoms with Gasteiger partial charge in [-0.05, 0) is 13.0 Å². The molecule has 0 aromatic carbocycles. The number of rotatable bonds is 5. The summed E-state index contributed by atoms with van der Waals surface area (Å²) >= 11 is 0. The SMILES string of the molecule is OCCCNCc1ccno1. The van der Waals surface area contributed by atoms with Crippen molar-refractivity contribution in [2.45, 2.75) is 13.0 Å². The molecule has 0 aliphatic carbocycles. The average molecular weight is 156 g/mol. The third-order valence-electron chi connectivity index (χ3n) is 1.30. The summed E-state index contributed by atoms with van der Waals surface area (Å²) in [4.78, 5) is 0. The van der Waals surface area contributed by atoms with Gasteiger partial charge >= 0.3 is 0 Å². The second-order valence-corrected chi connectivity index (χ2v) is 2.23.